The van der Waals surface area contributed by atoms with Gasteiger partial charge in [-0.1, -0.05) is 52.5 Å². The molecule has 5 nitrogen and oxygen atoms in total. The highest BCUT2D eigenvalue weighted by molar-refractivity contribution is 7.14. The van der Waals surface area contributed by atoms with Crippen molar-refractivity contribution in [1.82, 2.24) is 4.98 Å². The fourth-order valence-electron chi connectivity index (χ4n) is 2.99. The molecule has 0 saturated heterocycles. The molecular weight excluding hydrogens is 536 g/mol. The Hall–Kier alpha value is -2.48. The van der Waals surface area contributed by atoms with E-state index in [9.17, 15) is 0 Å². The van der Waals surface area contributed by atoms with E-state index >= 15 is 0 Å². The van der Waals surface area contributed by atoms with Gasteiger partial charge in [0.05, 0.1) is 24.0 Å². The summed E-state index contributed by atoms with van der Waals surface area (Å²) in [6.45, 7) is 0.283. The van der Waals surface area contributed by atoms with Gasteiger partial charge in [0.2, 0.25) is 5.13 Å². The highest BCUT2D eigenvalue weighted by Crippen LogP contribution is 2.33. The molecule has 0 aliphatic rings. The highest BCUT2D eigenvalue weighted by atomic mass is 35.5. The van der Waals surface area contributed by atoms with E-state index in [0.29, 0.717) is 36.7 Å². The molecule has 0 unspecified atom stereocenters. The Bertz CT molecular complexity index is 1340. The largest absolute Gasteiger partial charge is 0.493 e. The lowest BCUT2D eigenvalue weighted by atomic mass is 10.2. The molecule has 34 heavy (non-hydrogen) atoms. The summed E-state index contributed by atoms with van der Waals surface area (Å²) in [6.07, 6.45) is 1.67. The average Bonchev–Trinajstić information content (AvgIpc) is 3.27. The van der Waals surface area contributed by atoms with Gasteiger partial charge in [0.1, 0.15) is 6.61 Å². The topological polar surface area (TPSA) is 55.7 Å². The van der Waals surface area contributed by atoms with Crippen molar-refractivity contribution in [1.29, 1.82) is 0 Å². The number of ether oxygens (including phenoxy) is 2. The number of hydrazone groups is 1. The number of benzene rings is 3. The van der Waals surface area contributed by atoms with Gasteiger partial charge in [-0.05, 0) is 54.1 Å². The predicted octanol–water partition coefficient (Wildman–Crippen LogP) is 8.46. The van der Waals surface area contributed by atoms with Crippen LogP contribution in [0.15, 0.2) is 65.1 Å². The van der Waals surface area contributed by atoms with Crippen molar-refractivity contribution in [3.05, 3.63) is 91.2 Å². The van der Waals surface area contributed by atoms with Crippen molar-refractivity contribution in [2.24, 2.45) is 5.10 Å². The summed E-state index contributed by atoms with van der Waals surface area (Å²) in [4.78, 5) is 4.52. The third-order valence-electron chi connectivity index (χ3n) is 4.67. The molecule has 10 heteroatoms. The van der Waals surface area contributed by atoms with Gasteiger partial charge in [-0.2, -0.15) is 5.10 Å². The van der Waals surface area contributed by atoms with E-state index in [2.05, 4.69) is 15.5 Å². The Morgan fingerprint density at radius 3 is 2.44 bits per heavy atom. The van der Waals surface area contributed by atoms with Crippen LogP contribution in [-0.2, 0) is 6.61 Å². The second-order valence-corrected chi connectivity index (χ2v) is 9.51. The summed E-state index contributed by atoms with van der Waals surface area (Å²) in [5.74, 6) is 1.16. The van der Waals surface area contributed by atoms with Crippen LogP contribution in [0.1, 0.15) is 11.1 Å². The standard InChI is InChI=1S/C24H17Cl4N3O2S/c1-32-23-8-14(2-7-22(23)33-12-15-3-4-16(25)9-19(15)27)11-29-31-24-30-21(13-34-24)18-6-5-17(26)10-20(18)28/h2-11,13H,12H2,1H3,(H,30,31). The summed E-state index contributed by atoms with van der Waals surface area (Å²) in [6, 6.07) is 16.1. The number of halogens is 4. The van der Waals surface area contributed by atoms with Crippen molar-refractivity contribution in [3.8, 4) is 22.8 Å². The van der Waals surface area contributed by atoms with E-state index < -0.39 is 0 Å². The van der Waals surface area contributed by atoms with Gasteiger partial charge in [-0.15, -0.1) is 11.3 Å². The molecule has 0 saturated carbocycles. The van der Waals surface area contributed by atoms with Gasteiger partial charge >= 0.3 is 0 Å². The molecule has 0 amide bonds. The highest BCUT2D eigenvalue weighted by Gasteiger charge is 2.10. The number of hydrogen-bond donors (Lipinski definition) is 1. The number of rotatable bonds is 8. The van der Waals surface area contributed by atoms with Crippen LogP contribution in [0.25, 0.3) is 11.3 Å². The Balaban J connectivity index is 1.40. The predicted molar refractivity (Wildman–Crippen MR) is 143 cm³/mol. The van der Waals surface area contributed by atoms with E-state index in [4.69, 9.17) is 55.9 Å². The first-order valence-corrected chi connectivity index (χ1v) is 12.3. The quantitative estimate of drug-likeness (QED) is 0.176. The Labute approximate surface area is 220 Å². The molecule has 174 valence electrons. The Morgan fingerprint density at radius 2 is 1.71 bits per heavy atom. The summed E-state index contributed by atoms with van der Waals surface area (Å²) in [5, 5.41) is 9.03. The molecule has 0 radical (unpaired) electrons. The molecule has 0 aliphatic carbocycles. The smallest absolute Gasteiger partial charge is 0.203 e. The van der Waals surface area contributed by atoms with Gasteiger partial charge in [0, 0.05) is 31.6 Å². The average molecular weight is 553 g/mol. The maximum atomic E-state index is 6.27. The summed E-state index contributed by atoms with van der Waals surface area (Å²) >= 11 is 25.8. The minimum absolute atomic E-state index is 0.283. The lowest BCUT2D eigenvalue weighted by Crippen LogP contribution is -1.99. The molecule has 1 N–H and O–H groups in total. The van der Waals surface area contributed by atoms with Gasteiger partial charge in [0.15, 0.2) is 11.5 Å². The molecule has 1 aromatic heterocycles. The molecule has 1 heterocycles. The fraction of sp³-hybridized carbons (Fsp3) is 0.0833. The van der Waals surface area contributed by atoms with Crippen LogP contribution in [0.5, 0.6) is 11.5 Å². The lowest BCUT2D eigenvalue weighted by Gasteiger charge is -2.12. The third-order valence-corrected chi connectivity index (χ3v) is 6.55. The molecule has 0 atom stereocenters. The molecule has 4 aromatic rings. The normalized spacial score (nSPS) is 11.1. The minimum atomic E-state index is 0.283. The van der Waals surface area contributed by atoms with Crippen LogP contribution < -0.4 is 14.9 Å². The molecule has 0 spiro atoms. The number of thiazole rings is 1. The molecule has 0 fully saturated rings. The van der Waals surface area contributed by atoms with Gasteiger partial charge < -0.3 is 9.47 Å². The SMILES string of the molecule is COc1cc(C=NNc2nc(-c3ccc(Cl)cc3Cl)cs2)ccc1OCc1ccc(Cl)cc1Cl. The van der Waals surface area contributed by atoms with Crippen molar-refractivity contribution >= 4 is 69.1 Å². The van der Waals surface area contributed by atoms with E-state index in [-0.39, 0.29) is 6.61 Å². The zero-order chi connectivity index (χ0) is 24.1. The number of nitrogens with one attached hydrogen (secondary N) is 1. The van der Waals surface area contributed by atoms with Crippen LogP contribution in [0.3, 0.4) is 0 Å². The number of nitrogens with zero attached hydrogens (tertiary/aromatic N) is 2. The van der Waals surface area contributed by atoms with Crippen LogP contribution in [0.4, 0.5) is 5.13 Å². The maximum Gasteiger partial charge on any atom is 0.203 e. The Morgan fingerprint density at radius 1 is 0.941 bits per heavy atom. The Kier molecular flexibility index (Phi) is 8.19. The zero-order valence-corrected chi connectivity index (χ0v) is 21.5. The van der Waals surface area contributed by atoms with E-state index in [0.717, 1.165) is 22.4 Å². The van der Waals surface area contributed by atoms with E-state index in [1.807, 2.05) is 35.7 Å². The molecule has 0 bridgehead atoms. The fourth-order valence-corrected chi connectivity index (χ4v) is 4.61. The summed E-state index contributed by atoms with van der Waals surface area (Å²) in [7, 11) is 1.58. The van der Waals surface area contributed by atoms with Crippen molar-refractivity contribution in [2.45, 2.75) is 6.61 Å². The van der Waals surface area contributed by atoms with Crippen LogP contribution in [0, 0.1) is 0 Å². The third kappa shape index (κ3) is 6.14. The zero-order valence-electron chi connectivity index (χ0n) is 17.7. The second kappa shape index (κ2) is 11.3. The maximum absolute atomic E-state index is 6.27. The lowest BCUT2D eigenvalue weighted by molar-refractivity contribution is 0.284. The number of aromatic nitrogens is 1. The van der Waals surface area contributed by atoms with E-state index in [1.54, 1.807) is 37.6 Å². The van der Waals surface area contributed by atoms with Gasteiger partial charge in [-0.3, -0.25) is 5.43 Å². The number of methoxy groups -OCH3 is 1. The first-order chi connectivity index (χ1) is 16.4. The van der Waals surface area contributed by atoms with Crippen molar-refractivity contribution in [2.75, 3.05) is 12.5 Å². The summed E-state index contributed by atoms with van der Waals surface area (Å²) < 4.78 is 11.4. The summed E-state index contributed by atoms with van der Waals surface area (Å²) in [5.41, 5.74) is 6.13. The van der Waals surface area contributed by atoms with Crippen molar-refractivity contribution < 1.29 is 9.47 Å². The van der Waals surface area contributed by atoms with E-state index in [1.165, 1.54) is 11.3 Å². The first kappa shape index (κ1) is 24.6. The number of anilines is 1. The monoisotopic (exact) mass is 551 g/mol. The molecular formula is C24H17Cl4N3O2S. The van der Waals surface area contributed by atoms with Gasteiger partial charge in [-0.25, -0.2) is 4.98 Å². The van der Waals surface area contributed by atoms with Crippen molar-refractivity contribution in [3.63, 3.8) is 0 Å². The minimum Gasteiger partial charge on any atom is -0.493 e. The molecule has 3 aromatic carbocycles. The first-order valence-electron chi connectivity index (χ1n) is 9.87. The van der Waals surface area contributed by atoms with Crippen LogP contribution >= 0.6 is 57.7 Å². The molecule has 0 aliphatic heterocycles. The van der Waals surface area contributed by atoms with Crippen LogP contribution in [0.2, 0.25) is 20.1 Å². The molecule has 4 rings (SSSR count). The van der Waals surface area contributed by atoms with Gasteiger partial charge in [0.25, 0.3) is 0 Å². The number of hydrogen-bond acceptors (Lipinski definition) is 6. The van der Waals surface area contributed by atoms with Crippen LogP contribution in [-0.4, -0.2) is 18.3 Å². The second-order valence-electron chi connectivity index (χ2n) is 6.97.